The van der Waals surface area contributed by atoms with E-state index in [1.807, 2.05) is 0 Å². The standard InChI is InChI=1S/C47H28N4S/c1-2-12-30-25-34(24-23-29(30)11-1)46-48-45(49-47(50-46)38-19-10-22-43-44(38)37-18-6-8-21-42(37)52-43)33-15-9-16-35(26-33)51-40-20-7-5-17-36(40)39-27-31-13-3-4-14-32(31)28-41(39)51/h1-28H. The van der Waals surface area contributed by atoms with Gasteiger partial charge in [-0.1, -0.05) is 121 Å². The number of aromatic nitrogens is 4. The van der Waals surface area contributed by atoms with Gasteiger partial charge in [0, 0.05) is 53.3 Å². The van der Waals surface area contributed by atoms with Crippen molar-refractivity contribution in [2.45, 2.75) is 0 Å². The SMILES string of the molecule is c1cc(-c2nc(-c3ccc4ccccc4c3)nc(-c3cccc4sc5ccccc5c34)n2)cc(-n2c3ccccc3c3cc4ccccc4cc32)c1. The zero-order valence-corrected chi connectivity index (χ0v) is 28.7. The molecule has 3 heterocycles. The molecule has 0 saturated heterocycles. The minimum Gasteiger partial charge on any atom is -0.309 e. The summed E-state index contributed by atoms with van der Waals surface area (Å²) in [6.45, 7) is 0. The summed E-state index contributed by atoms with van der Waals surface area (Å²) < 4.78 is 4.83. The van der Waals surface area contributed by atoms with Gasteiger partial charge in [-0.3, -0.25) is 0 Å². The van der Waals surface area contributed by atoms with Crippen LogP contribution in [0.3, 0.4) is 0 Å². The van der Waals surface area contributed by atoms with Crippen molar-refractivity contribution < 1.29 is 0 Å². The van der Waals surface area contributed by atoms with Crippen molar-refractivity contribution in [3.63, 3.8) is 0 Å². The highest BCUT2D eigenvalue weighted by Gasteiger charge is 2.19. The van der Waals surface area contributed by atoms with E-state index < -0.39 is 0 Å². The van der Waals surface area contributed by atoms with Crippen molar-refractivity contribution in [3.8, 4) is 39.9 Å². The fraction of sp³-hybridized carbons (Fsp3) is 0. The van der Waals surface area contributed by atoms with E-state index in [1.54, 1.807) is 11.3 Å². The van der Waals surface area contributed by atoms with Crippen LogP contribution in [0.1, 0.15) is 0 Å². The van der Waals surface area contributed by atoms with Crippen LogP contribution in [0.25, 0.3) is 103 Å². The van der Waals surface area contributed by atoms with E-state index in [4.69, 9.17) is 15.0 Å². The molecule has 0 N–H and O–H groups in total. The van der Waals surface area contributed by atoms with Crippen LogP contribution < -0.4 is 0 Å². The first kappa shape index (κ1) is 29.1. The molecule has 0 aliphatic heterocycles. The molecule has 52 heavy (non-hydrogen) atoms. The third-order valence-electron chi connectivity index (χ3n) is 10.2. The van der Waals surface area contributed by atoms with Crippen molar-refractivity contribution in [2.75, 3.05) is 0 Å². The summed E-state index contributed by atoms with van der Waals surface area (Å²) in [6.07, 6.45) is 0. The van der Waals surface area contributed by atoms with Gasteiger partial charge in [0.1, 0.15) is 0 Å². The summed E-state index contributed by atoms with van der Waals surface area (Å²) in [5.74, 6) is 1.95. The molecule has 11 rings (SSSR count). The molecule has 0 spiro atoms. The van der Waals surface area contributed by atoms with E-state index in [0.717, 1.165) is 33.3 Å². The lowest BCUT2D eigenvalue weighted by Gasteiger charge is -2.12. The zero-order valence-electron chi connectivity index (χ0n) is 27.9. The Kier molecular flexibility index (Phi) is 6.39. The normalized spacial score (nSPS) is 11.8. The number of fused-ring (bicyclic) bond motifs is 8. The molecule has 242 valence electrons. The number of rotatable bonds is 4. The molecule has 4 nitrogen and oxygen atoms in total. The quantitative estimate of drug-likeness (QED) is 0.186. The summed E-state index contributed by atoms with van der Waals surface area (Å²) in [4.78, 5) is 15.7. The molecular weight excluding hydrogens is 653 g/mol. The van der Waals surface area contributed by atoms with Crippen molar-refractivity contribution in [1.82, 2.24) is 19.5 Å². The van der Waals surface area contributed by atoms with Crippen LogP contribution >= 0.6 is 11.3 Å². The Balaban J connectivity index is 1.15. The van der Waals surface area contributed by atoms with E-state index in [-0.39, 0.29) is 0 Å². The predicted octanol–water partition coefficient (Wildman–Crippen LogP) is 12.6. The lowest BCUT2D eigenvalue weighted by Crippen LogP contribution is -2.01. The monoisotopic (exact) mass is 680 g/mol. The highest BCUT2D eigenvalue weighted by atomic mass is 32.1. The molecule has 3 aromatic heterocycles. The number of hydrogen-bond acceptors (Lipinski definition) is 4. The predicted molar refractivity (Wildman–Crippen MR) is 218 cm³/mol. The molecule has 0 aliphatic rings. The fourth-order valence-corrected chi connectivity index (χ4v) is 8.89. The molecule has 8 aromatic carbocycles. The minimum absolute atomic E-state index is 0.637. The van der Waals surface area contributed by atoms with E-state index >= 15 is 0 Å². The number of para-hydroxylation sites is 1. The Morgan fingerprint density at radius 2 is 1.02 bits per heavy atom. The Bertz CT molecular complexity index is 3210. The molecular formula is C47H28N4S. The van der Waals surface area contributed by atoms with Crippen LogP contribution in [0.4, 0.5) is 0 Å². The van der Waals surface area contributed by atoms with Crippen LogP contribution in [-0.4, -0.2) is 19.5 Å². The second-order valence-electron chi connectivity index (χ2n) is 13.3. The van der Waals surface area contributed by atoms with Gasteiger partial charge in [-0.25, -0.2) is 15.0 Å². The average Bonchev–Trinajstić information content (AvgIpc) is 3.75. The first-order chi connectivity index (χ1) is 25.7. The van der Waals surface area contributed by atoms with Gasteiger partial charge in [-0.15, -0.1) is 11.3 Å². The van der Waals surface area contributed by atoms with Crippen LogP contribution in [0.2, 0.25) is 0 Å². The molecule has 0 radical (unpaired) electrons. The fourth-order valence-electron chi connectivity index (χ4n) is 7.76. The van der Waals surface area contributed by atoms with Gasteiger partial charge in [0.25, 0.3) is 0 Å². The molecule has 0 aliphatic carbocycles. The summed E-state index contributed by atoms with van der Waals surface area (Å²) in [7, 11) is 0. The summed E-state index contributed by atoms with van der Waals surface area (Å²) in [5, 5.41) is 9.63. The van der Waals surface area contributed by atoms with Gasteiger partial charge >= 0.3 is 0 Å². The second kappa shape index (κ2) is 11.4. The highest BCUT2D eigenvalue weighted by molar-refractivity contribution is 7.25. The number of hydrogen-bond donors (Lipinski definition) is 0. The van der Waals surface area contributed by atoms with Gasteiger partial charge in [-0.05, 0) is 70.1 Å². The van der Waals surface area contributed by atoms with Crippen LogP contribution in [-0.2, 0) is 0 Å². The van der Waals surface area contributed by atoms with Crippen molar-refractivity contribution in [1.29, 1.82) is 0 Å². The Morgan fingerprint density at radius 1 is 0.385 bits per heavy atom. The van der Waals surface area contributed by atoms with Crippen LogP contribution in [0, 0.1) is 0 Å². The van der Waals surface area contributed by atoms with Crippen molar-refractivity contribution >= 4 is 74.9 Å². The maximum Gasteiger partial charge on any atom is 0.164 e. The van der Waals surface area contributed by atoms with Gasteiger partial charge in [-0.2, -0.15) is 0 Å². The first-order valence-corrected chi connectivity index (χ1v) is 18.3. The molecule has 0 bridgehead atoms. The molecule has 0 atom stereocenters. The molecule has 0 amide bonds. The minimum atomic E-state index is 0.637. The average molecular weight is 681 g/mol. The van der Waals surface area contributed by atoms with Crippen molar-refractivity contribution in [2.24, 2.45) is 0 Å². The van der Waals surface area contributed by atoms with Gasteiger partial charge in [0.2, 0.25) is 0 Å². The third-order valence-corrected chi connectivity index (χ3v) is 11.3. The third kappa shape index (κ3) is 4.57. The maximum absolute atomic E-state index is 5.26. The first-order valence-electron chi connectivity index (χ1n) is 17.4. The Hall–Kier alpha value is -6.69. The van der Waals surface area contributed by atoms with Gasteiger partial charge < -0.3 is 4.57 Å². The van der Waals surface area contributed by atoms with E-state index in [2.05, 4.69) is 174 Å². The molecule has 0 fully saturated rings. The molecule has 5 heteroatoms. The van der Waals surface area contributed by atoms with Gasteiger partial charge in [0.05, 0.1) is 11.0 Å². The Morgan fingerprint density at radius 3 is 1.87 bits per heavy atom. The lowest BCUT2D eigenvalue weighted by molar-refractivity contribution is 1.07. The largest absolute Gasteiger partial charge is 0.309 e. The molecule has 11 aromatic rings. The number of benzene rings is 8. The smallest absolute Gasteiger partial charge is 0.164 e. The van der Waals surface area contributed by atoms with E-state index in [0.29, 0.717) is 17.5 Å². The summed E-state index contributed by atoms with van der Waals surface area (Å²) in [5.41, 5.74) is 6.27. The van der Waals surface area contributed by atoms with E-state index in [1.165, 1.54) is 52.6 Å². The Labute approximate surface area is 302 Å². The second-order valence-corrected chi connectivity index (χ2v) is 14.3. The van der Waals surface area contributed by atoms with Crippen molar-refractivity contribution in [3.05, 3.63) is 170 Å². The number of nitrogens with zero attached hydrogens (tertiary/aromatic N) is 4. The highest BCUT2D eigenvalue weighted by Crippen LogP contribution is 2.40. The zero-order chi connectivity index (χ0) is 34.2. The van der Waals surface area contributed by atoms with Gasteiger partial charge in [0.15, 0.2) is 17.5 Å². The summed E-state index contributed by atoms with van der Waals surface area (Å²) >= 11 is 1.80. The molecule has 0 unspecified atom stereocenters. The lowest BCUT2D eigenvalue weighted by atomic mass is 10.0. The topological polar surface area (TPSA) is 43.6 Å². The molecule has 0 saturated carbocycles. The van der Waals surface area contributed by atoms with Crippen LogP contribution in [0.5, 0.6) is 0 Å². The van der Waals surface area contributed by atoms with Crippen LogP contribution in [0.15, 0.2) is 170 Å². The maximum atomic E-state index is 5.26. The summed E-state index contributed by atoms with van der Waals surface area (Å²) in [6, 6.07) is 60.4. The number of thiophene rings is 1. The van der Waals surface area contributed by atoms with E-state index in [9.17, 15) is 0 Å².